The van der Waals surface area contributed by atoms with E-state index in [2.05, 4.69) is 20.3 Å². The van der Waals surface area contributed by atoms with Crippen molar-refractivity contribution in [3.05, 3.63) is 58.3 Å². The van der Waals surface area contributed by atoms with Crippen LogP contribution in [0.5, 0.6) is 5.75 Å². The molecule has 0 radical (unpaired) electrons. The first kappa shape index (κ1) is 19.9. The summed E-state index contributed by atoms with van der Waals surface area (Å²) in [7, 11) is 0. The number of carbonyl (C=O) groups is 1. The average molecular weight is 429 g/mol. The number of H-pyrrole nitrogens is 1. The predicted octanol–water partition coefficient (Wildman–Crippen LogP) is 4.80. The second-order valence-electron chi connectivity index (χ2n) is 5.57. The van der Waals surface area contributed by atoms with Crippen molar-refractivity contribution >= 4 is 35.4 Å². The van der Waals surface area contributed by atoms with Crippen molar-refractivity contribution in [2.45, 2.75) is 12.9 Å². The standard InChI is InChI=1S/C17H12ClF3N4O2S/c18-11-6-4-10(5-7-11)15-23-24-16(28)25(15)9-14(26)22-12-2-1-3-13(8-12)27-17(19,20)21/h1-8H,9H2,(H,22,26)(H,24,28). The average Bonchev–Trinajstić information content (AvgIpc) is 2.95. The highest BCUT2D eigenvalue weighted by molar-refractivity contribution is 7.71. The Kier molecular flexibility index (Phi) is 5.71. The molecular weight excluding hydrogens is 417 g/mol. The lowest BCUT2D eigenvalue weighted by atomic mass is 10.2. The number of hydrogen-bond donors (Lipinski definition) is 2. The number of aromatic amines is 1. The summed E-state index contributed by atoms with van der Waals surface area (Å²) in [6.07, 6.45) is -4.82. The minimum atomic E-state index is -4.82. The molecule has 2 aromatic carbocycles. The second-order valence-corrected chi connectivity index (χ2v) is 6.39. The quantitative estimate of drug-likeness (QED) is 0.573. The molecule has 3 aromatic rings. The van der Waals surface area contributed by atoms with Crippen LogP contribution in [0.3, 0.4) is 0 Å². The maximum Gasteiger partial charge on any atom is 0.573 e. The summed E-state index contributed by atoms with van der Waals surface area (Å²) >= 11 is 11.0. The Morgan fingerprint density at radius 2 is 1.96 bits per heavy atom. The van der Waals surface area contributed by atoms with Gasteiger partial charge >= 0.3 is 6.36 Å². The number of nitrogens with one attached hydrogen (secondary N) is 2. The van der Waals surface area contributed by atoms with E-state index in [4.69, 9.17) is 23.8 Å². The fraction of sp³-hybridized carbons (Fsp3) is 0.118. The molecule has 11 heteroatoms. The number of benzene rings is 2. The molecule has 0 saturated carbocycles. The number of halogens is 4. The third-order valence-electron chi connectivity index (χ3n) is 3.51. The van der Waals surface area contributed by atoms with Gasteiger partial charge in [0, 0.05) is 22.3 Å². The summed E-state index contributed by atoms with van der Waals surface area (Å²) in [5, 5.41) is 9.77. The molecule has 1 aromatic heterocycles. The molecule has 1 heterocycles. The summed E-state index contributed by atoms with van der Waals surface area (Å²) in [5.74, 6) is -0.519. The highest BCUT2D eigenvalue weighted by Crippen LogP contribution is 2.25. The molecule has 0 spiro atoms. The van der Waals surface area contributed by atoms with Crippen molar-refractivity contribution in [2.24, 2.45) is 0 Å². The number of anilines is 1. The van der Waals surface area contributed by atoms with Crippen molar-refractivity contribution in [2.75, 3.05) is 5.32 Å². The van der Waals surface area contributed by atoms with Crippen LogP contribution < -0.4 is 10.1 Å². The van der Waals surface area contributed by atoms with E-state index >= 15 is 0 Å². The fourth-order valence-electron chi connectivity index (χ4n) is 2.40. The zero-order chi connectivity index (χ0) is 20.3. The third-order valence-corrected chi connectivity index (χ3v) is 4.08. The molecule has 0 saturated heterocycles. The lowest BCUT2D eigenvalue weighted by molar-refractivity contribution is -0.274. The van der Waals surface area contributed by atoms with Gasteiger partial charge in [-0.25, -0.2) is 0 Å². The number of alkyl halides is 3. The van der Waals surface area contributed by atoms with Crippen molar-refractivity contribution < 1.29 is 22.7 Å². The minimum absolute atomic E-state index is 0.148. The van der Waals surface area contributed by atoms with Gasteiger partial charge in [0.25, 0.3) is 0 Å². The van der Waals surface area contributed by atoms with Crippen molar-refractivity contribution in [3.63, 3.8) is 0 Å². The van der Waals surface area contributed by atoms with Gasteiger partial charge < -0.3 is 10.1 Å². The number of hydrogen-bond acceptors (Lipinski definition) is 4. The van der Waals surface area contributed by atoms with Crippen molar-refractivity contribution in [1.29, 1.82) is 0 Å². The zero-order valence-electron chi connectivity index (χ0n) is 14.0. The first-order valence-corrected chi connectivity index (χ1v) is 8.57. The van der Waals surface area contributed by atoms with Gasteiger partial charge in [-0.2, -0.15) is 5.10 Å². The van der Waals surface area contributed by atoms with Gasteiger partial charge in [-0.3, -0.25) is 14.5 Å². The minimum Gasteiger partial charge on any atom is -0.406 e. The summed E-state index contributed by atoms with van der Waals surface area (Å²) in [4.78, 5) is 12.4. The predicted molar refractivity (Wildman–Crippen MR) is 99.6 cm³/mol. The molecule has 0 unspecified atom stereocenters. The molecule has 0 fully saturated rings. The molecule has 0 atom stereocenters. The van der Waals surface area contributed by atoms with E-state index in [0.717, 1.165) is 12.1 Å². The molecule has 0 aliphatic carbocycles. The highest BCUT2D eigenvalue weighted by atomic mass is 35.5. The molecule has 0 bridgehead atoms. The molecule has 1 amide bonds. The van der Waals surface area contributed by atoms with E-state index in [1.807, 2.05) is 0 Å². The van der Waals surface area contributed by atoms with Crippen LogP contribution in [0.4, 0.5) is 18.9 Å². The number of rotatable bonds is 5. The third kappa shape index (κ3) is 5.11. The van der Waals surface area contributed by atoms with Crippen LogP contribution in [0.25, 0.3) is 11.4 Å². The number of ether oxygens (including phenoxy) is 1. The summed E-state index contributed by atoms with van der Waals surface area (Å²) in [6.45, 7) is -0.197. The van der Waals surface area contributed by atoms with Crippen LogP contribution >= 0.6 is 23.8 Å². The molecule has 6 nitrogen and oxygen atoms in total. The molecule has 2 N–H and O–H groups in total. The number of nitrogens with zero attached hydrogens (tertiary/aromatic N) is 2. The van der Waals surface area contributed by atoms with E-state index < -0.39 is 18.0 Å². The summed E-state index contributed by atoms with van der Waals surface area (Å²) < 4.78 is 42.5. The van der Waals surface area contributed by atoms with E-state index in [-0.39, 0.29) is 17.0 Å². The Morgan fingerprint density at radius 3 is 2.64 bits per heavy atom. The van der Waals surface area contributed by atoms with Gasteiger partial charge in [-0.05, 0) is 48.6 Å². The van der Waals surface area contributed by atoms with Gasteiger partial charge in [0.1, 0.15) is 12.3 Å². The first-order chi connectivity index (χ1) is 13.2. The van der Waals surface area contributed by atoms with Crippen molar-refractivity contribution in [3.8, 4) is 17.1 Å². The van der Waals surface area contributed by atoms with Gasteiger partial charge in [0.15, 0.2) is 10.6 Å². The smallest absolute Gasteiger partial charge is 0.406 e. The van der Waals surface area contributed by atoms with Crippen LogP contribution in [-0.4, -0.2) is 27.0 Å². The lowest BCUT2D eigenvalue weighted by Crippen LogP contribution is -2.20. The molecule has 0 aliphatic heterocycles. The van der Waals surface area contributed by atoms with Gasteiger partial charge in [-0.15, -0.1) is 13.2 Å². The Labute approximate surface area is 166 Å². The maximum atomic E-state index is 12.4. The first-order valence-electron chi connectivity index (χ1n) is 7.78. The van der Waals surface area contributed by atoms with E-state index in [0.29, 0.717) is 16.4 Å². The molecular formula is C17H12ClF3N4O2S. The van der Waals surface area contributed by atoms with Crippen LogP contribution in [0.1, 0.15) is 0 Å². The zero-order valence-corrected chi connectivity index (χ0v) is 15.5. The fourth-order valence-corrected chi connectivity index (χ4v) is 2.72. The van der Waals surface area contributed by atoms with Gasteiger partial charge in [-0.1, -0.05) is 17.7 Å². The maximum absolute atomic E-state index is 12.4. The Hall–Kier alpha value is -2.85. The molecule has 28 heavy (non-hydrogen) atoms. The molecule has 3 rings (SSSR count). The number of carbonyl (C=O) groups excluding carboxylic acids is 1. The van der Waals surface area contributed by atoms with E-state index in [9.17, 15) is 18.0 Å². The van der Waals surface area contributed by atoms with E-state index in [1.165, 1.54) is 16.7 Å². The van der Waals surface area contributed by atoms with Crippen LogP contribution in [0.2, 0.25) is 5.02 Å². The topological polar surface area (TPSA) is 71.9 Å². The number of aromatic nitrogens is 3. The highest BCUT2D eigenvalue weighted by Gasteiger charge is 2.31. The van der Waals surface area contributed by atoms with Crippen molar-refractivity contribution in [1.82, 2.24) is 14.8 Å². The van der Waals surface area contributed by atoms with Gasteiger partial charge in [0.05, 0.1) is 0 Å². The van der Waals surface area contributed by atoms with E-state index in [1.54, 1.807) is 24.3 Å². The van der Waals surface area contributed by atoms with Crippen LogP contribution in [0, 0.1) is 4.77 Å². The largest absolute Gasteiger partial charge is 0.573 e. The Bertz CT molecular complexity index is 1050. The normalized spacial score (nSPS) is 11.3. The molecule has 0 aliphatic rings. The second kappa shape index (κ2) is 8.03. The summed E-state index contributed by atoms with van der Waals surface area (Å²) in [6, 6.07) is 11.8. The Morgan fingerprint density at radius 1 is 1.25 bits per heavy atom. The Balaban J connectivity index is 1.76. The van der Waals surface area contributed by atoms with Crippen LogP contribution in [-0.2, 0) is 11.3 Å². The summed E-state index contributed by atoms with van der Waals surface area (Å²) in [5.41, 5.74) is 0.833. The SMILES string of the molecule is O=C(Cn1c(-c2ccc(Cl)cc2)n[nH]c1=S)Nc1cccc(OC(F)(F)F)c1. The van der Waals surface area contributed by atoms with Gasteiger partial charge in [0.2, 0.25) is 5.91 Å². The van der Waals surface area contributed by atoms with Crippen LogP contribution in [0.15, 0.2) is 48.5 Å². The monoisotopic (exact) mass is 428 g/mol. The molecule has 146 valence electrons. The number of amides is 1. The lowest BCUT2D eigenvalue weighted by Gasteiger charge is -2.11.